The number of carbonyl (C=O) groups excluding carboxylic acids is 3. The summed E-state index contributed by atoms with van der Waals surface area (Å²) in [6, 6.07) is 0. The first-order valence-electron chi connectivity index (χ1n) is 31.6. The molecule has 0 fully saturated rings. The Bertz CT molecular complexity index is 1420. The third kappa shape index (κ3) is 59.5. The van der Waals surface area contributed by atoms with E-state index in [1.165, 1.54) is 161 Å². The van der Waals surface area contributed by atoms with Crippen molar-refractivity contribution in [3.05, 3.63) is 85.1 Å². The molecule has 0 rings (SSSR count). The average molecular weight is 1030 g/mol. The molecule has 0 aliphatic carbocycles. The highest BCUT2D eigenvalue weighted by molar-refractivity contribution is 5.71. The molecule has 0 heterocycles. The fourth-order valence-electron chi connectivity index (χ4n) is 8.91. The third-order valence-corrected chi connectivity index (χ3v) is 13.6. The van der Waals surface area contributed by atoms with Crippen LogP contribution in [-0.4, -0.2) is 37.2 Å². The number of esters is 3. The predicted molar refractivity (Wildman–Crippen MR) is 321 cm³/mol. The summed E-state index contributed by atoms with van der Waals surface area (Å²) in [5, 5.41) is 0. The molecule has 0 bridgehead atoms. The van der Waals surface area contributed by atoms with Crippen LogP contribution in [0.5, 0.6) is 0 Å². The van der Waals surface area contributed by atoms with E-state index in [1.807, 2.05) is 0 Å². The van der Waals surface area contributed by atoms with Crippen molar-refractivity contribution < 1.29 is 28.6 Å². The minimum absolute atomic E-state index is 0.0807. The zero-order valence-electron chi connectivity index (χ0n) is 48.8. The van der Waals surface area contributed by atoms with E-state index in [0.717, 1.165) is 109 Å². The van der Waals surface area contributed by atoms with Crippen molar-refractivity contribution in [2.75, 3.05) is 13.2 Å². The molecule has 0 aromatic heterocycles. The summed E-state index contributed by atoms with van der Waals surface area (Å²) in [5.74, 6) is -0.887. The molecule has 0 aromatic carbocycles. The van der Waals surface area contributed by atoms with E-state index in [0.29, 0.717) is 19.3 Å². The standard InChI is InChI=1S/C68H118O6/c1-4-7-10-13-16-19-22-25-28-30-32-33-34-35-36-38-40-43-46-49-52-55-58-61-67(70)73-64-65(63-72-66(69)60-57-54-51-48-45-42-39-27-24-21-18-15-12-9-6-3)74-68(71)62-59-56-53-50-47-44-41-37-31-29-26-23-20-17-14-11-8-5-2/h7,10,16,19-20,23,25,28-29,31-33,35-36,65H,4-6,8-9,11-15,17-18,21-22,24,26-27,30,34,37-64H2,1-3H3/b10-7-,19-16-,23-20-,28-25-,31-29-,33-32-,36-35-. The van der Waals surface area contributed by atoms with Crippen molar-refractivity contribution >= 4 is 17.9 Å². The zero-order valence-corrected chi connectivity index (χ0v) is 48.8. The molecule has 74 heavy (non-hydrogen) atoms. The van der Waals surface area contributed by atoms with Gasteiger partial charge in [0.2, 0.25) is 0 Å². The summed E-state index contributed by atoms with van der Waals surface area (Å²) >= 11 is 0. The fourth-order valence-corrected chi connectivity index (χ4v) is 8.91. The second-order valence-electron chi connectivity index (χ2n) is 20.9. The molecule has 0 aromatic rings. The molecule has 0 aliphatic rings. The molecular weight excluding hydrogens is 913 g/mol. The van der Waals surface area contributed by atoms with Crippen molar-refractivity contribution in [1.82, 2.24) is 0 Å². The summed E-state index contributed by atoms with van der Waals surface area (Å²) in [7, 11) is 0. The highest BCUT2D eigenvalue weighted by Crippen LogP contribution is 2.16. The first-order chi connectivity index (χ1) is 36.5. The first-order valence-corrected chi connectivity index (χ1v) is 31.6. The van der Waals surface area contributed by atoms with Gasteiger partial charge < -0.3 is 14.2 Å². The van der Waals surface area contributed by atoms with Crippen molar-refractivity contribution in [3.63, 3.8) is 0 Å². The molecule has 0 amide bonds. The Morgan fingerprint density at radius 3 is 0.838 bits per heavy atom. The maximum atomic E-state index is 12.9. The van der Waals surface area contributed by atoms with Crippen LogP contribution in [-0.2, 0) is 28.6 Å². The average Bonchev–Trinajstić information content (AvgIpc) is 3.40. The lowest BCUT2D eigenvalue weighted by Crippen LogP contribution is -2.30. The Morgan fingerprint density at radius 2 is 0.527 bits per heavy atom. The molecular formula is C68H118O6. The second kappa shape index (κ2) is 62.1. The summed E-state index contributed by atoms with van der Waals surface area (Å²) < 4.78 is 16.9. The Kier molecular flexibility index (Phi) is 59.3. The normalized spacial score (nSPS) is 12.6. The first kappa shape index (κ1) is 70.6. The van der Waals surface area contributed by atoms with Crippen LogP contribution in [0.2, 0.25) is 0 Å². The lowest BCUT2D eigenvalue weighted by molar-refractivity contribution is -0.167. The minimum atomic E-state index is -0.785. The van der Waals surface area contributed by atoms with Crippen LogP contribution in [0.25, 0.3) is 0 Å². The summed E-state index contributed by atoms with van der Waals surface area (Å²) in [5.41, 5.74) is 0. The summed E-state index contributed by atoms with van der Waals surface area (Å²) in [6.45, 7) is 6.53. The van der Waals surface area contributed by atoms with Crippen LogP contribution in [0.1, 0.15) is 310 Å². The molecule has 6 nitrogen and oxygen atoms in total. The van der Waals surface area contributed by atoms with Gasteiger partial charge in [-0.05, 0) is 96.3 Å². The van der Waals surface area contributed by atoms with Crippen LogP contribution in [0.15, 0.2) is 85.1 Å². The van der Waals surface area contributed by atoms with Crippen LogP contribution in [0, 0.1) is 0 Å². The van der Waals surface area contributed by atoms with Gasteiger partial charge in [-0.15, -0.1) is 0 Å². The fraction of sp³-hybridized carbons (Fsp3) is 0.750. The van der Waals surface area contributed by atoms with E-state index < -0.39 is 6.10 Å². The van der Waals surface area contributed by atoms with Crippen LogP contribution < -0.4 is 0 Å². The van der Waals surface area contributed by atoms with E-state index in [2.05, 4.69) is 106 Å². The predicted octanol–water partition coefficient (Wildman–Crippen LogP) is 21.5. The van der Waals surface area contributed by atoms with Gasteiger partial charge in [-0.2, -0.15) is 0 Å². The highest BCUT2D eigenvalue weighted by atomic mass is 16.6. The van der Waals surface area contributed by atoms with Gasteiger partial charge in [-0.1, -0.05) is 279 Å². The van der Waals surface area contributed by atoms with Gasteiger partial charge in [0.05, 0.1) is 0 Å². The Balaban J connectivity index is 4.39. The van der Waals surface area contributed by atoms with Crippen molar-refractivity contribution in [1.29, 1.82) is 0 Å². The maximum Gasteiger partial charge on any atom is 0.306 e. The van der Waals surface area contributed by atoms with Gasteiger partial charge in [0, 0.05) is 19.3 Å². The molecule has 0 saturated heterocycles. The van der Waals surface area contributed by atoms with Gasteiger partial charge in [0.25, 0.3) is 0 Å². The molecule has 0 radical (unpaired) electrons. The molecule has 0 saturated carbocycles. The number of hydrogen-bond donors (Lipinski definition) is 0. The van der Waals surface area contributed by atoms with Crippen LogP contribution in [0.3, 0.4) is 0 Å². The molecule has 0 N–H and O–H groups in total. The third-order valence-electron chi connectivity index (χ3n) is 13.6. The molecule has 1 unspecified atom stereocenters. The highest BCUT2D eigenvalue weighted by Gasteiger charge is 2.19. The van der Waals surface area contributed by atoms with Crippen molar-refractivity contribution in [3.8, 4) is 0 Å². The van der Waals surface area contributed by atoms with Crippen molar-refractivity contribution in [2.45, 2.75) is 316 Å². The van der Waals surface area contributed by atoms with Gasteiger partial charge in [-0.3, -0.25) is 14.4 Å². The largest absolute Gasteiger partial charge is 0.462 e. The van der Waals surface area contributed by atoms with Gasteiger partial charge in [-0.25, -0.2) is 0 Å². The van der Waals surface area contributed by atoms with Crippen LogP contribution in [0.4, 0.5) is 0 Å². The number of ether oxygens (including phenoxy) is 3. The topological polar surface area (TPSA) is 78.9 Å². The number of allylic oxidation sites excluding steroid dienone is 14. The Morgan fingerprint density at radius 1 is 0.284 bits per heavy atom. The number of rotatable bonds is 57. The monoisotopic (exact) mass is 1030 g/mol. The minimum Gasteiger partial charge on any atom is -0.462 e. The van der Waals surface area contributed by atoms with Gasteiger partial charge in [0.15, 0.2) is 6.10 Å². The van der Waals surface area contributed by atoms with E-state index in [9.17, 15) is 14.4 Å². The van der Waals surface area contributed by atoms with Crippen LogP contribution >= 0.6 is 0 Å². The maximum absolute atomic E-state index is 12.9. The van der Waals surface area contributed by atoms with Crippen molar-refractivity contribution in [2.24, 2.45) is 0 Å². The van der Waals surface area contributed by atoms with E-state index in [4.69, 9.17) is 14.2 Å². The number of hydrogen-bond acceptors (Lipinski definition) is 6. The van der Waals surface area contributed by atoms with E-state index in [-0.39, 0.29) is 31.1 Å². The van der Waals surface area contributed by atoms with Gasteiger partial charge >= 0.3 is 17.9 Å². The Hall–Kier alpha value is -3.41. The number of unbranched alkanes of at least 4 members (excludes halogenated alkanes) is 32. The molecule has 1 atom stereocenters. The lowest BCUT2D eigenvalue weighted by atomic mass is 10.0. The lowest BCUT2D eigenvalue weighted by Gasteiger charge is -2.18. The second-order valence-corrected chi connectivity index (χ2v) is 20.9. The zero-order chi connectivity index (χ0) is 53.6. The smallest absolute Gasteiger partial charge is 0.306 e. The summed E-state index contributed by atoms with van der Waals surface area (Å²) in [4.78, 5) is 38.3. The van der Waals surface area contributed by atoms with Gasteiger partial charge in [0.1, 0.15) is 13.2 Å². The quantitative estimate of drug-likeness (QED) is 0.0261. The molecule has 6 heteroatoms. The molecule has 0 aliphatic heterocycles. The number of carbonyl (C=O) groups is 3. The molecule has 426 valence electrons. The molecule has 0 spiro atoms. The SMILES string of the molecule is CC/C=C\C/C=C\C/C=C\C/C=C\C/C=C\CCCCCCCCCC(=O)OCC(COC(=O)CCCCCCCCCCCCCCCCC)OC(=O)CCCCCCCCC/C=C\C/C=C\CCCCCC. The Labute approximate surface area is 458 Å². The van der Waals surface area contributed by atoms with E-state index >= 15 is 0 Å². The van der Waals surface area contributed by atoms with E-state index in [1.54, 1.807) is 0 Å². The summed E-state index contributed by atoms with van der Waals surface area (Å²) in [6.07, 6.45) is 81.5.